The Hall–Kier alpha value is -0.870. The van der Waals surface area contributed by atoms with Gasteiger partial charge in [0.05, 0.1) is 5.69 Å². The van der Waals surface area contributed by atoms with Gasteiger partial charge in [0.1, 0.15) is 0 Å². The normalized spacial score (nSPS) is 23.8. The van der Waals surface area contributed by atoms with Crippen LogP contribution >= 0.6 is 0 Å². The zero-order valence-electron chi connectivity index (χ0n) is 13.7. The first kappa shape index (κ1) is 15.5. The summed E-state index contributed by atoms with van der Waals surface area (Å²) in [6.07, 6.45) is 6.05. The average Bonchev–Trinajstić information content (AvgIpc) is 2.94. The molecule has 0 amide bonds. The maximum Gasteiger partial charge on any atom is 0.0722 e. The smallest absolute Gasteiger partial charge is 0.0722 e. The second kappa shape index (κ2) is 5.86. The van der Waals surface area contributed by atoms with Crippen LogP contribution < -0.4 is 5.73 Å². The van der Waals surface area contributed by atoms with Gasteiger partial charge < -0.3 is 5.73 Å². The van der Waals surface area contributed by atoms with Crippen LogP contribution in [0.2, 0.25) is 0 Å². The number of aromatic nitrogens is 2. The fourth-order valence-corrected chi connectivity index (χ4v) is 3.54. The van der Waals surface area contributed by atoms with Crippen molar-refractivity contribution in [2.24, 2.45) is 18.7 Å². The minimum atomic E-state index is 0.0976. The van der Waals surface area contributed by atoms with Crippen LogP contribution in [0.4, 0.5) is 0 Å². The number of hydrogen-bond acceptors (Lipinski definition) is 3. The predicted molar refractivity (Wildman–Crippen MR) is 83.6 cm³/mol. The van der Waals surface area contributed by atoms with Crippen molar-refractivity contribution in [2.75, 3.05) is 13.6 Å². The lowest BCUT2D eigenvalue weighted by molar-refractivity contribution is 0.192. The van der Waals surface area contributed by atoms with E-state index in [1.807, 2.05) is 11.7 Å². The number of nitrogens with two attached hydrogens (primary N) is 1. The SMILES string of the molecule is CN(Cc1cn(C)nc1C(C)(C)C)C1CCCC1CN. The van der Waals surface area contributed by atoms with E-state index in [-0.39, 0.29) is 5.41 Å². The zero-order valence-corrected chi connectivity index (χ0v) is 13.7. The van der Waals surface area contributed by atoms with Crippen molar-refractivity contribution in [3.05, 3.63) is 17.5 Å². The molecule has 0 aliphatic heterocycles. The van der Waals surface area contributed by atoms with Crippen LogP contribution in [0.25, 0.3) is 0 Å². The van der Waals surface area contributed by atoms with E-state index in [1.165, 1.54) is 30.5 Å². The Morgan fingerprint density at radius 2 is 2.10 bits per heavy atom. The van der Waals surface area contributed by atoms with E-state index in [0.29, 0.717) is 12.0 Å². The van der Waals surface area contributed by atoms with Crippen molar-refractivity contribution in [1.82, 2.24) is 14.7 Å². The Labute approximate surface area is 123 Å². The lowest BCUT2D eigenvalue weighted by Gasteiger charge is -2.29. The third-order valence-corrected chi connectivity index (χ3v) is 4.52. The van der Waals surface area contributed by atoms with Gasteiger partial charge in [0.25, 0.3) is 0 Å². The van der Waals surface area contributed by atoms with Crippen molar-refractivity contribution in [3.63, 3.8) is 0 Å². The van der Waals surface area contributed by atoms with E-state index in [1.54, 1.807) is 0 Å². The van der Waals surface area contributed by atoms with Crippen molar-refractivity contribution in [2.45, 2.75) is 58.0 Å². The summed E-state index contributed by atoms with van der Waals surface area (Å²) >= 11 is 0. The Bertz CT molecular complexity index is 444. The molecular weight excluding hydrogens is 248 g/mol. The van der Waals surface area contributed by atoms with Gasteiger partial charge in [-0.15, -0.1) is 0 Å². The molecule has 2 unspecified atom stereocenters. The molecular formula is C16H30N4. The Morgan fingerprint density at radius 1 is 1.40 bits per heavy atom. The molecule has 1 aliphatic rings. The van der Waals surface area contributed by atoms with Crippen molar-refractivity contribution in [1.29, 1.82) is 0 Å². The summed E-state index contributed by atoms with van der Waals surface area (Å²) in [4.78, 5) is 2.48. The van der Waals surface area contributed by atoms with Gasteiger partial charge in [0.2, 0.25) is 0 Å². The van der Waals surface area contributed by atoms with Gasteiger partial charge in [-0.1, -0.05) is 27.2 Å². The molecule has 1 aliphatic carbocycles. The number of hydrogen-bond donors (Lipinski definition) is 1. The van der Waals surface area contributed by atoms with Crippen LogP contribution in [0.1, 0.15) is 51.3 Å². The zero-order chi connectivity index (χ0) is 14.9. The first-order valence-corrected chi connectivity index (χ1v) is 7.76. The predicted octanol–water partition coefficient (Wildman–Crippen LogP) is 2.28. The third-order valence-electron chi connectivity index (χ3n) is 4.52. The summed E-state index contributed by atoms with van der Waals surface area (Å²) in [5.74, 6) is 0.662. The molecule has 1 saturated carbocycles. The highest BCUT2D eigenvalue weighted by atomic mass is 15.3. The molecule has 1 aromatic rings. The van der Waals surface area contributed by atoms with E-state index in [4.69, 9.17) is 5.73 Å². The summed E-state index contributed by atoms with van der Waals surface area (Å²) in [5.41, 5.74) is 8.58. The van der Waals surface area contributed by atoms with Crippen LogP contribution in [0.15, 0.2) is 6.20 Å². The fourth-order valence-electron chi connectivity index (χ4n) is 3.54. The molecule has 4 nitrogen and oxygen atoms in total. The minimum Gasteiger partial charge on any atom is -0.330 e. The van der Waals surface area contributed by atoms with Gasteiger partial charge in [-0.05, 0) is 32.4 Å². The largest absolute Gasteiger partial charge is 0.330 e. The summed E-state index contributed by atoms with van der Waals surface area (Å²) in [6, 6.07) is 0.632. The van der Waals surface area contributed by atoms with Gasteiger partial charge >= 0.3 is 0 Å². The number of nitrogens with zero attached hydrogens (tertiary/aromatic N) is 3. The van der Waals surface area contributed by atoms with Gasteiger partial charge in [-0.3, -0.25) is 9.58 Å². The van der Waals surface area contributed by atoms with Crippen LogP contribution in [0, 0.1) is 5.92 Å². The van der Waals surface area contributed by atoms with E-state index in [9.17, 15) is 0 Å². The molecule has 20 heavy (non-hydrogen) atoms. The Balaban J connectivity index is 2.13. The summed E-state index contributed by atoms with van der Waals surface area (Å²) in [7, 11) is 4.25. The monoisotopic (exact) mass is 278 g/mol. The molecule has 0 radical (unpaired) electrons. The van der Waals surface area contributed by atoms with Gasteiger partial charge in [-0.2, -0.15) is 5.10 Å². The van der Waals surface area contributed by atoms with E-state index < -0.39 is 0 Å². The van der Waals surface area contributed by atoms with Crippen LogP contribution in [-0.2, 0) is 19.0 Å². The van der Waals surface area contributed by atoms with Crippen LogP contribution in [0.5, 0.6) is 0 Å². The maximum absolute atomic E-state index is 5.92. The molecule has 1 heterocycles. The quantitative estimate of drug-likeness (QED) is 0.919. The first-order valence-electron chi connectivity index (χ1n) is 7.76. The summed E-state index contributed by atoms with van der Waals surface area (Å²) < 4.78 is 1.94. The highest BCUT2D eigenvalue weighted by Gasteiger charge is 2.30. The topological polar surface area (TPSA) is 47.1 Å². The summed E-state index contributed by atoms with van der Waals surface area (Å²) in [6.45, 7) is 8.49. The lowest BCUT2D eigenvalue weighted by atomic mass is 9.89. The van der Waals surface area contributed by atoms with Crippen molar-refractivity contribution < 1.29 is 0 Å². The number of rotatable bonds is 4. The highest BCUT2D eigenvalue weighted by Crippen LogP contribution is 2.31. The minimum absolute atomic E-state index is 0.0976. The molecule has 0 aromatic carbocycles. The maximum atomic E-state index is 5.92. The van der Waals surface area contributed by atoms with Crippen LogP contribution in [0.3, 0.4) is 0 Å². The Kier molecular flexibility index (Phi) is 4.55. The van der Waals surface area contributed by atoms with Gasteiger partial charge in [0, 0.05) is 36.8 Å². The lowest BCUT2D eigenvalue weighted by Crippen LogP contribution is -2.37. The second-order valence-corrected chi connectivity index (χ2v) is 7.34. The van der Waals surface area contributed by atoms with Crippen molar-refractivity contribution in [3.8, 4) is 0 Å². The highest BCUT2D eigenvalue weighted by molar-refractivity contribution is 5.24. The molecule has 0 spiro atoms. The molecule has 4 heteroatoms. The van der Waals surface area contributed by atoms with Gasteiger partial charge in [-0.25, -0.2) is 0 Å². The van der Waals surface area contributed by atoms with E-state index in [2.05, 4.69) is 44.0 Å². The molecule has 1 fully saturated rings. The van der Waals surface area contributed by atoms with E-state index in [0.717, 1.165) is 13.1 Å². The Morgan fingerprint density at radius 3 is 2.70 bits per heavy atom. The first-order chi connectivity index (χ1) is 9.32. The molecule has 0 bridgehead atoms. The van der Waals surface area contributed by atoms with Crippen LogP contribution in [-0.4, -0.2) is 34.3 Å². The molecule has 2 atom stereocenters. The molecule has 1 aromatic heterocycles. The molecule has 0 saturated heterocycles. The standard InChI is InChI=1S/C16H30N4/c1-16(2,3)15-13(11-20(5)18-15)10-19(4)14-8-6-7-12(14)9-17/h11-12,14H,6-10,17H2,1-5H3. The van der Waals surface area contributed by atoms with Gasteiger partial charge in [0.15, 0.2) is 0 Å². The second-order valence-electron chi connectivity index (χ2n) is 7.34. The fraction of sp³-hybridized carbons (Fsp3) is 0.812. The van der Waals surface area contributed by atoms with E-state index >= 15 is 0 Å². The summed E-state index contributed by atoms with van der Waals surface area (Å²) in [5, 5.41) is 4.67. The van der Waals surface area contributed by atoms with Crippen molar-refractivity contribution >= 4 is 0 Å². The molecule has 2 rings (SSSR count). The molecule has 114 valence electrons. The third kappa shape index (κ3) is 3.23. The average molecular weight is 278 g/mol. The molecule has 2 N–H and O–H groups in total. The number of aryl methyl sites for hydroxylation is 1.